The number of unbranched alkanes of at least 4 members (excludes halogenated alkanes) is 35. The van der Waals surface area contributed by atoms with Crippen LogP contribution in [0.25, 0.3) is 0 Å². The predicted molar refractivity (Wildman–Crippen MR) is 289 cm³/mol. The molecule has 0 aliphatic rings. The minimum atomic E-state index is -0.764. The number of rotatable bonds is 54. The molecule has 0 saturated heterocycles. The van der Waals surface area contributed by atoms with E-state index in [1.807, 2.05) is 0 Å². The maximum absolute atomic E-state index is 12.9. The summed E-state index contributed by atoms with van der Waals surface area (Å²) in [6.07, 6.45) is 55.2. The molecular weight excluding hydrogens is 829 g/mol. The third kappa shape index (κ3) is 52.1. The van der Waals surface area contributed by atoms with Gasteiger partial charge in [0.15, 0.2) is 6.10 Å². The Hall–Kier alpha value is -1.59. The van der Waals surface area contributed by atoms with Crippen molar-refractivity contribution in [3.8, 4) is 0 Å². The Bertz CT molecular complexity index is 1040. The first-order chi connectivity index (χ1) is 32.7. The normalized spacial score (nSPS) is 12.9. The molecule has 67 heavy (non-hydrogen) atoms. The Labute approximate surface area is 418 Å². The molecule has 398 valence electrons. The second kappa shape index (κ2) is 52.2. The quantitative estimate of drug-likeness (QED) is 0.0343. The molecule has 3 atom stereocenters. The number of carbonyl (C=O) groups excluding carboxylic acids is 3. The van der Waals surface area contributed by atoms with Crippen LogP contribution in [0.3, 0.4) is 0 Å². The van der Waals surface area contributed by atoms with Gasteiger partial charge in [-0.1, -0.05) is 298 Å². The molecule has 0 N–H and O–H groups in total. The summed E-state index contributed by atoms with van der Waals surface area (Å²) in [5, 5.41) is 0. The minimum absolute atomic E-state index is 0.0635. The van der Waals surface area contributed by atoms with Crippen molar-refractivity contribution in [2.45, 2.75) is 343 Å². The van der Waals surface area contributed by atoms with Crippen molar-refractivity contribution in [3.63, 3.8) is 0 Å². The Morgan fingerprint density at radius 3 is 0.776 bits per heavy atom. The van der Waals surface area contributed by atoms with Gasteiger partial charge in [0.2, 0.25) is 0 Å². The van der Waals surface area contributed by atoms with Crippen molar-refractivity contribution in [2.75, 3.05) is 13.2 Å². The maximum Gasteiger partial charge on any atom is 0.306 e. The van der Waals surface area contributed by atoms with Gasteiger partial charge in [0.05, 0.1) is 0 Å². The molecule has 0 heterocycles. The van der Waals surface area contributed by atoms with E-state index in [2.05, 4.69) is 41.5 Å². The molecular formula is C61H118O6. The van der Waals surface area contributed by atoms with Crippen LogP contribution in [-0.4, -0.2) is 37.2 Å². The third-order valence-corrected chi connectivity index (χ3v) is 14.6. The van der Waals surface area contributed by atoms with Crippen molar-refractivity contribution < 1.29 is 28.6 Å². The molecule has 0 radical (unpaired) electrons. The van der Waals surface area contributed by atoms with Crippen LogP contribution in [-0.2, 0) is 28.6 Å². The van der Waals surface area contributed by atoms with E-state index in [1.165, 1.54) is 218 Å². The average Bonchev–Trinajstić information content (AvgIpc) is 3.31. The largest absolute Gasteiger partial charge is 0.462 e. The Kier molecular flexibility index (Phi) is 51.0. The van der Waals surface area contributed by atoms with Crippen LogP contribution < -0.4 is 0 Å². The van der Waals surface area contributed by atoms with Crippen molar-refractivity contribution in [2.24, 2.45) is 17.8 Å². The molecule has 0 rings (SSSR count). The lowest BCUT2D eigenvalue weighted by Crippen LogP contribution is -2.30. The molecule has 0 bridgehead atoms. The molecule has 0 aromatic heterocycles. The lowest BCUT2D eigenvalue weighted by Gasteiger charge is -2.18. The van der Waals surface area contributed by atoms with E-state index in [0.29, 0.717) is 19.3 Å². The maximum atomic E-state index is 12.9. The highest BCUT2D eigenvalue weighted by Crippen LogP contribution is 2.19. The van der Waals surface area contributed by atoms with Gasteiger partial charge in [-0.25, -0.2) is 0 Å². The summed E-state index contributed by atoms with van der Waals surface area (Å²) in [6, 6.07) is 0. The van der Waals surface area contributed by atoms with Gasteiger partial charge in [0, 0.05) is 19.3 Å². The van der Waals surface area contributed by atoms with Crippen molar-refractivity contribution in [1.82, 2.24) is 0 Å². The highest BCUT2D eigenvalue weighted by atomic mass is 16.6. The number of hydrogen-bond acceptors (Lipinski definition) is 6. The van der Waals surface area contributed by atoms with Crippen molar-refractivity contribution >= 4 is 17.9 Å². The number of carbonyl (C=O) groups is 3. The van der Waals surface area contributed by atoms with E-state index in [9.17, 15) is 14.4 Å². The predicted octanol–water partition coefficient (Wildman–Crippen LogP) is 19.9. The van der Waals surface area contributed by atoms with Crippen LogP contribution in [0.4, 0.5) is 0 Å². The molecule has 0 amide bonds. The first-order valence-corrected chi connectivity index (χ1v) is 30.2. The zero-order valence-corrected chi connectivity index (χ0v) is 46.2. The van der Waals surface area contributed by atoms with Crippen LogP contribution in [0.15, 0.2) is 0 Å². The molecule has 2 unspecified atom stereocenters. The topological polar surface area (TPSA) is 78.9 Å². The van der Waals surface area contributed by atoms with Crippen LogP contribution in [0.1, 0.15) is 337 Å². The van der Waals surface area contributed by atoms with Gasteiger partial charge in [-0.05, 0) is 37.0 Å². The fraction of sp³-hybridized carbons (Fsp3) is 0.951. The van der Waals surface area contributed by atoms with E-state index in [1.54, 1.807) is 0 Å². The molecule has 0 fully saturated rings. The van der Waals surface area contributed by atoms with Gasteiger partial charge in [-0.2, -0.15) is 0 Å². The summed E-state index contributed by atoms with van der Waals surface area (Å²) >= 11 is 0. The van der Waals surface area contributed by atoms with Gasteiger partial charge in [0.25, 0.3) is 0 Å². The molecule has 0 aliphatic carbocycles. The summed E-state index contributed by atoms with van der Waals surface area (Å²) in [7, 11) is 0. The Morgan fingerprint density at radius 1 is 0.299 bits per heavy atom. The monoisotopic (exact) mass is 947 g/mol. The minimum Gasteiger partial charge on any atom is -0.462 e. The fourth-order valence-corrected chi connectivity index (χ4v) is 9.29. The van der Waals surface area contributed by atoms with Crippen LogP contribution in [0.5, 0.6) is 0 Å². The van der Waals surface area contributed by atoms with Gasteiger partial charge >= 0.3 is 17.9 Å². The van der Waals surface area contributed by atoms with E-state index in [0.717, 1.165) is 75.5 Å². The lowest BCUT2D eigenvalue weighted by molar-refractivity contribution is -0.167. The third-order valence-electron chi connectivity index (χ3n) is 14.6. The smallest absolute Gasteiger partial charge is 0.306 e. The van der Waals surface area contributed by atoms with Crippen LogP contribution >= 0.6 is 0 Å². The molecule has 0 aromatic carbocycles. The van der Waals surface area contributed by atoms with Gasteiger partial charge in [-0.15, -0.1) is 0 Å². The average molecular weight is 948 g/mol. The molecule has 6 heteroatoms. The van der Waals surface area contributed by atoms with Gasteiger partial charge < -0.3 is 14.2 Å². The molecule has 0 spiro atoms. The standard InChI is InChI=1S/C61H118O6/c1-7-56(5)48-42-36-30-24-20-16-13-14-18-22-26-34-40-46-52-61(64)67-58(54-66-60(63)51-45-39-33-28-27-31-37-43-49-57(6)8-2)53-65-59(62)50-44-38-32-25-21-17-12-10-9-11-15-19-23-29-35-41-47-55(3)4/h55-58H,7-54H2,1-6H3/t56?,57?,58-/m1/s1. The summed E-state index contributed by atoms with van der Waals surface area (Å²) < 4.78 is 16.9. The van der Waals surface area contributed by atoms with E-state index >= 15 is 0 Å². The van der Waals surface area contributed by atoms with Gasteiger partial charge in [0.1, 0.15) is 13.2 Å². The zero-order valence-electron chi connectivity index (χ0n) is 46.2. The number of ether oxygens (including phenoxy) is 3. The second-order valence-corrected chi connectivity index (χ2v) is 21.9. The molecule has 0 aromatic rings. The SMILES string of the molecule is CCC(C)CCCCCCCCCCCCCCCCC(=O)O[C@H](COC(=O)CCCCCCCCCCCCCCCCCCC(C)C)COC(=O)CCCCCCCCCCC(C)CC. The summed E-state index contributed by atoms with van der Waals surface area (Å²) in [5.41, 5.74) is 0. The Balaban J connectivity index is 4.28. The molecule has 0 aliphatic heterocycles. The van der Waals surface area contributed by atoms with E-state index in [-0.39, 0.29) is 31.1 Å². The van der Waals surface area contributed by atoms with Crippen molar-refractivity contribution in [1.29, 1.82) is 0 Å². The van der Waals surface area contributed by atoms with E-state index in [4.69, 9.17) is 14.2 Å². The van der Waals surface area contributed by atoms with Crippen molar-refractivity contribution in [3.05, 3.63) is 0 Å². The highest BCUT2D eigenvalue weighted by Gasteiger charge is 2.19. The molecule has 0 saturated carbocycles. The first-order valence-electron chi connectivity index (χ1n) is 30.2. The summed E-state index contributed by atoms with van der Waals surface area (Å²) in [6.45, 7) is 13.8. The number of hydrogen-bond donors (Lipinski definition) is 0. The number of esters is 3. The molecule has 6 nitrogen and oxygen atoms in total. The summed E-state index contributed by atoms with van der Waals surface area (Å²) in [4.78, 5) is 38.2. The highest BCUT2D eigenvalue weighted by molar-refractivity contribution is 5.71. The van der Waals surface area contributed by atoms with Gasteiger partial charge in [-0.3, -0.25) is 14.4 Å². The second-order valence-electron chi connectivity index (χ2n) is 21.9. The van der Waals surface area contributed by atoms with Crippen LogP contribution in [0, 0.1) is 17.8 Å². The van der Waals surface area contributed by atoms with E-state index < -0.39 is 6.10 Å². The first kappa shape index (κ1) is 65.4. The van der Waals surface area contributed by atoms with Crippen LogP contribution in [0.2, 0.25) is 0 Å². The zero-order chi connectivity index (χ0) is 49.1. The fourth-order valence-electron chi connectivity index (χ4n) is 9.29. The Morgan fingerprint density at radius 2 is 0.522 bits per heavy atom. The lowest BCUT2D eigenvalue weighted by atomic mass is 9.99. The summed E-state index contributed by atoms with van der Waals surface area (Å²) in [5.74, 6) is 1.75.